The number of nitrogens with one attached hydrogen (secondary N) is 2. The zero-order valence-electron chi connectivity index (χ0n) is 14.2. The van der Waals surface area contributed by atoms with Gasteiger partial charge in [0.25, 0.3) is 5.91 Å². The number of benzene rings is 2. The van der Waals surface area contributed by atoms with Crippen molar-refractivity contribution < 1.29 is 4.79 Å². The van der Waals surface area contributed by atoms with Crippen molar-refractivity contribution in [3.8, 4) is 11.3 Å². The lowest BCUT2D eigenvalue weighted by atomic mass is 10.1. The van der Waals surface area contributed by atoms with Crippen molar-refractivity contribution in [3.05, 3.63) is 71.2 Å². The molecule has 1 fully saturated rings. The number of H-pyrrole nitrogens is 1. The molecule has 1 aliphatic heterocycles. The molecule has 26 heavy (non-hydrogen) atoms. The summed E-state index contributed by atoms with van der Waals surface area (Å²) in [5.74, 6) is 0.815. The van der Waals surface area contributed by atoms with Crippen molar-refractivity contribution in [1.82, 2.24) is 15.5 Å². The molecule has 3 aromatic rings. The molecule has 1 saturated heterocycles. The third kappa shape index (κ3) is 3.58. The Kier molecular flexibility index (Phi) is 4.63. The summed E-state index contributed by atoms with van der Waals surface area (Å²) < 4.78 is 0. The number of halogens is 1. The van der Waals surface area contributed by atoms with Crippen LogP contribution in [0.5, 0.6) is 0 Å². The Bertz CT molecular complexity index is 909. The largest absolute Gasteiger partial charge is 0.353 e. The number of carbonyl (C=O) groups excluding carboxylic acids is 1. The lowest BCUT2D eigenvalue weighted by Crippen LogP contribution is -2.37. The van der Waals surface area contributed by atoms with E-state index in [0.29, 0.717) is 10.6 Å². The van der Waals surface area contributed by atoms with Crippen LogP contribution in [0.25, 0.3) is 11.3 Å². The van der Waals surface area contributed by atoms with Gasteiger partial charge in [-0.15, -0.1) is 0 Å². The molecule has 6 heteroatoms. The van der Waals surface area contributed by atoms with Crippen molar-refractivity contribution >= 4 is 23.3 Å². The van der Waals surface area contributed by atoms with E-state index in [2.05, 4.69) is 38.6 Å². The standard InChI is InChI=1S/C20H19ClN4O/c21-16-8-4-7-15(11-16)20(26)22-17-9-10-25(13-17)19-12-18(23-24-19)14-5-2-1-3-6-14/h1-8,11-12,17H,9-10,13H2,(H,22,26)(H,23,24). The molecule has 132 valence electrons. The molecule has 5 nitrogen and oxygen atoms in total. The van der Waals surface area contributed by atoms with Crippen LogP contribution in [0.2, 0.25) is 5.02 Å². The molecular weight excluding hydrogens is 348 g/mol. The van der Waals surface area contributed by atoms with Gasteiger partial charge in [0.2, 0.25) is 0 Å². The highest BCUT2D eigenvalue weighted by molar-refractivity contribution is 6.30. The summed E-state index contributed by atoms with van der Waals surface area (Å²) in [7, 11) is 0. The first-order chi connectivity index (χ1) is 12.7. The van der Waals surface area contributed by atoms with Crippen LogP contribution >= 0.6 is 11.6 Å². The van der Waals surface area contributed by atoms with Crippen LogP contribution in [0.1, 0.15) is 16.8 Å². The fourth-order valence-corrected chi connectivity index (χ4v) is 3.41. The summed E-state index contributed by atoms with van der Waals surface area (Å²) in [5.41, 5.74) is 2.69. The van der Waals surface area contributed by atoms with Crippen molar-refractivity contribution in [3.63, 3.8) is 0 Å². The maximum absolute atomic E-state index is 12.4. The third-order valence-electron chi connectivity index (χ3n) is 4.58. The first kappa shape index (κ1) is 16.7. The van der Waals surface area contributed by atoms with Gasteiger partial charge >= 0.3 is 0 Å². The third-order valence-corrected chi connectivity index (χ3v) is 4.82. The molecule has 1 amide bonds. The molecule has 2 heterocycles. The summed E-state index contributed by atoms with van der Waals surface area (Å²) >= 11 is 5.96. The van der Waals surface area contributed by atoms with Gasteiger partial charge in [-0.05, 0) is 30.2 Å². The fraction of sp³-hybridized carbons (Fsp3) is 0.200. The molecule has 2 N–H and O–H groups in total. The number of amides is 1. The Labute approximate surface area is 157 Å². The van der Waals surface area contributed by atoms with Gasteiger partial charge in [-0.2, -0.15) is 5.10 Å². The van der Waals surface area contributed by atoms with Crippen molar-refractivity contribution in [1.29, 1.82) is 0 Å². The number of carbonyl (C=O) groups is 1. The molecule has 0 aliphatic carbocycles. The minimum absolute atomic E-state index is 0.0913. The van der Waals surface area contributed by atoms with Crippen LogP contribution in [-0.4, -0.2) is 35.2 Å². The number of hydrogen-bond donors (Lipinski definition) is 2. The summed E-state index contributed by atoms with van der Waals surface area (Å²) in [6.45, 7) is 1.60. The van der Waals surface area contributed by atoms with E-state index in [9.17, 15) is 4.79 Å². The van der Waals surface area contributed by atoms with E-state index in [1.807, 2.05) is 18.2 Å². The van der Waals surface area contributed by atoms with E-state index >= 15 is 0 Å². The zero-order valence-corrected chi connectivity index (χ0v) is 14.9. The Morgan fingerprint density at radius 1 is 1.15 bits per heavy atom. The molecule has 0 radical (unpaired) electrons. The van der Waals surface area contributed by atoms with Crippen LogP contribution in [0.4, 0.5) is 5.82 Å². The number of hydrogen-bond acceptors (Lipinski definition) is 3. The summed E-state index contributed by atoms with van der Waals surface area (Å²) in [4.78, 5) is 14.6. The number of rotatable bonds is 4. The molecule has 0 bridgehead atoms. The van der Waals surface area contributed by atoms with Crippen LogP contribution in [0, 0.1) is 0 Å². The Morgan fingerprint density at radius 2 is 2.00 bits per heavy atom. The smallest absolute Gasteiger partial charge is 0.251 e. The Hall–Kier alpha value is -2.79. The highest BCUT2D eigenvalue weighted by Crippen LogP contribution is 2.24. The molecule has 1 unspecified atom stereocenters. The van der Waals surface area contributed by atoms with E-state index < -0.39 is 0 Å². The van der Waals surface area contributed by atoms with Gasteiger partial charge in [0.05, 0.1) is 5.69 Å². The van der Waals surface area contributed by atoms with Crippen LogP contribution < -0.4 is 10.2 Å². The predicted molar refractivity (Wildman–Crippen MR) is 104 cm³/mol. The van der Waals surface area contributed by atoms with Crippen LogP contribution in [-0.2, 0) is 0 Å². The van der Waals surface area contributed by atoms with Gasteiger partial charge in [-0.25, -0.2) is 0 Å². The molecule has 1 aromatic heterocycles. The molecular formula is C20H19ClN4O. The average molecular weight is 367 g/mol. The summed E-state index contributed by atoms with van der Waals surface area (Å²) in [5, 5.41) is 11.2. The SMILES string of the molecule is O=C(NC1CCN(c2cc(-c3ccccc3)[nH]n2)C1)c1cccc(Cl)c1. The molecule has 1 atom stereocenters. The second kappa shape index (κ2) is 7.22. The van der Waals surface area contributed by atoms with E-state index in [-0.39, 0.29) is 11.9 Å². The van der Waals surface area contributed by atoms with Crippen LogP contribution in [0.15, 0.2) is 60.7 Å². The second-order valence-corrected chi connectivity index (χ2v) is 6.86. The average Bonchev–Trinajstić information content (AvgIpc) is 3.32. The topological polar surface area (TPSA) is 61.0 Å². The number of nitrogens with zero attached hydrogens (tertiary/aromatic N) is 2. The number of aromatic amines is 1. The number of anilines is 1. The lowest BCUT2D eigenvalue weighted by Gasteiger charge is -2.16. The summed E-state index contributed by atoms with van der Waals surface area (Å²) in [6, 6.07) is 19.3. The summed E-state index contributed by atoms with van der Waals surface area (Å²) in [6.07, 6.45) is 0.889. The predicted octanol–water partition coefficient (Wildman–Crippen LogP) is 3.74. The number of aromatic nitrogens is 2. The van der Waals surface area contributed by atoms with Crippen molar-refractivity contribution in [2.45, 2.75) is 12.5 Å². The molecule has 1 aliphatic rings. The molecule has 2 aromatic carbocycles. The maximum atomic E-state index is 12.4. The Balaban J connectivity index is 1.40. The van der Waals surface area contributed by atoms with Crippen molar-refractivity contribution in [2.24, 2.45) is 0 Å². The lowest BCUT2D eigenvalue weighted by molar-refractivity contribution is 0.0940. The Morgan fingerprint density at radius 3 is 2.81 bits per heavy atom. The van der Waals surface area contributed by atoms with E-state index in [1.54, 1.807) is 24.3 Å². The van der Waals surface area contributed by atoms with Gasteiger partial charge < -0.3 is 10.2 Å². The quantitative estimate of drug-likeness (QED) is 0.739. The monoisotopic (exact) mass is 366 g/mol. The van der Waals surface area contributed by atoms with Gasteiger partial charge in [0, 0.05) is 35.8 Å². The maximum Gasteiger partial charge on any atom is 0.251 e. The highest BCUT2D eigenvalue weighted by Gasteiger charge is 2.26. The van der Waals surface area contributed by atoms with Gasteiger partial charge in [0.15, 0.2) is 5.82 Å². The first-order valence-corrected chi connectivity index (χ1v) is 8.99. The second-order valence-electron chi connectivity index (χ2n) is 6.42. The van der Waals surface area contributed by atoms with Crippen LogP contribution in [0.3, 0.4) is 0 Å². The normalized spacial score (nSPS) is 16.7. The van der Waals surface area contributed by atoms with Gasteiger partial charge in [0.1, 0.15) is 0 Å². The van der Waals surface area contributed by atoms with Gasteiger partial charge in [-0.1, -0.05) is 48.0 Å². The minimum atomic E-state index is -0.0913. The first-order valence-electron chi connectivity index (χ1n) is 8.61. The van der Waals surface area contributed by atoms with E-state index in [4.69, 9.17) is 11.6 Å². The fourth-order valence-electron chi connectivity index (χ4n) is 3.22. The van der Waals surface area contributed by atoms with E-state index in [1.165, 1.54) is 0 Å². The van der Waals surface area contributed by atoms with E-state index in [0.717, 1.165) is 36.6 Å². The molecule has 0 saturated carbocycles. The van der Waals surface area contributed by atoms with Gasteiger partial charge in [-0.3, -0.25) is 9.89 Å². The van der Waals surface area contributed by atoms with Crippen molar-refractivity contribution in [2.75, 3.05) is 18.0 Å². The molecule has 0 spiro atoms. The minimum Gasteiger partial charge on any atom is -0.353 e. The highest BCUT2D eigenvalue weighted by atomic mass is 35.5. The molecule has 4 rings (SSSR count). The zero-order chi connectivity index (χ0) is 17.9.